The van der Waals surface area contributed by atoms with Crippen LogP contribution in [0.25, 0.3) is 0 Å². The fourth-order valence-corrected chi connectivity index (χ4v) is 3.77. The third-order valence-corrected chi connectivity index (χ3v) is 4.97. The maximum absolute atomic E-state index is 3.73. The van der Waals surface area contributed by atoms with E-state index in [2.05, 4.69) is 50.4 Å². The second-order valence-corrected chi connectivity index (χ2v) is 7.27. The van der Waals surface area contributed by atoms with Gasteiger partial charge >= 0.3 is 0 Å². The first-order chi connectivity index (χ1) is 10.2. The zero-order valence-electron chi connectivity index (χ0n) is 14.2. The minimum absolute atomic E-state index is 0.697. The predicted molar refractivity (Wildman–Crippen MR) is 92.8 cm³/mol. The Morgan fingerprint density at radius 3 is 2.29 bits per heavy atom. The molecule has 1 aliphatic rings. The van der Waals surface area contributed by atoms with Gasteiger partial charge in [0, 0.05) is 6.54 Å². The fraction of sp³-hybridized carbons (Fsp3) is 0.700. The van der Waals surface area contributed by atoms with Crippen LogP contribution in [0.1, 0.15) is 69.4 Å². The largest absolute Gasteiger partial charge is 0.316 e. The highest BCUT2D eigenvalue weighted by atomic mass is 14.9. The third kappa shape index (κ3) is 5.14. The van der Waals surface area contributed by atoms with Gasteiger partial charge in [0.15, 0.2) is 0 Å². The first-order valence-corrected chi connectivity index (χ1v) is 8.94. The van der Waals surface area contributed by atoms with Gasteiger partial charge in [-0.15, -0.1) is 0 Å². The van der Waals surface area contributed by atoms with Gasteiger partial charge < -0.3 is 5.32 Å². The van der Waals surface area contributed by atoms with Crippen LogP contribution in [-0.2, 0) is 0 Å². The van der Waals surface area contributed by atoms with Crippen molar-refractivity contribution in [2.24, 2.45) is 11.8 Å². The van der Waals surface area contributed by atoms with Crippen LogP contribution >= 0.6 is 0 Å². The lowest BCUT2D eigenvalue weighted by atomic mass is 9.79. The summed E-state index contributed by atoms with van der Waals surface area (Å²) in [6.45, 7) is 9.15. The zero-order valence-corrected chi connectivity index (χ0v) is 14.2. The predicted octanol–water partition coefficient (Wildman–Crippen LogP) is 5.29. The van der Waals surface area contributed by atoms with Crippen LogP contribution < -0.4 is 5.32 Å². The lowest BCUT2D eigenvalue weighted by Gasteiger charge is -2.29. The number of rotatable bonds is 6. The molecule has 1 fully saturated rings. The molecule has 1 atom stereocenters. The van der Waals surface area contributed by atoms with E-state index in [0.29, 0.717) is 5.92 Å². The minimum atomic E-state index is 0.697. The maximum Gasteiger partial charge on any atom is 0.00230 e. The Balaban J connectivity index is 2.11. The normalized spacial score (nSPS) is 18.7. The van der Waals surface area contributed by atoms with E-state index in [1.165, 1.54) is 44.1 Å². The topological polar surface area (TPSA) is 12.0 Å². The molecule has 1 nitrogen and oxygen atoms in total. The van der Waals surface area contributed by atoms with Crippen molar-refractivity contribution >= 4 is 0 Å². The van der Waals surface area contributed by atoms with Gasteiger partial charge in [0.25, 0.3) is 0 Å². The van der Waals surface area contributed by atoms with Crippen molar-refractivity contribution in [3.8, 4) is 0 Å². The van der Waals surface area contributed by atoms with Gasteiger partial charge in [-0.25, -0.2) is 0 Å². The molecular formula is C20H33N. The minimum Gasteiger partial charge on any atom is -0.316 e. The standard InChI is InChI=1S/C20H33N/c1-16(2)14-21-15-20(18-11-6-4-5-7-12-18)19-13-9-8-10-17(19)3/h8-10,13,16,18,20-21H,4-7,11-12,14-15H2,1-3H3. The van der Waals surface area contributed by atoms with Crippen molar-refractivity contribution in [3.05, 3.63) is 35.4 Å². The van der Waals surface area contributed by atoms with E-state index in [0.717, 1.165) is 24.9 Å². The Morgan fingerprint density at radius 1 is 1.00 bits per heavy atom. The SMILES string of the molecule is Cc1ccccc1C(CNCC(C)C)C1CCCCCC1. The molecule has 0 bridgehead atoms. The molecule has 2 rings (SSSR count). The summed E-state index contributed by atoms with van der Waals surface area (Å²) in [6, 6.07) is 9.03. The second-order valence-electron chi connectivity index (χ2n) is 7.27. The summed E-state index contributed by atoms with van der Waals surface area (Å²) in [7, 11) is 0. The lowest BCUT2D eigenvalue weighted by Crippen LogP contribution is -2.29. The van der Waals surface area contributed by atoms with E-state index < -0.39 is 0 Å². The highest BCUT2D eigenvalue weighted by Gasteiger charge is 2.25. The zero-order chi connectivity index (χ0) is 15.1. The molecule has 1 unspecified atom stereocenters. The summed E-state index contributed by atoms with van der Waals surface area (Å²) in [5, 5.41) is 3.73. The molecule has 118 valence electrons. The van der Waals surface area contributed by atoms with Crippen LogP contribution in [0.15, 0.2) is 24.3 Å². The van der Waals surface area contributed by atoms with Gasteiger partial charge in [-0.05, 0) is 55.2 Å². The average Bonchev–Trinajstić information content (AvgIpc) is 2.73. The van der Waals surface area contributed by atoms with E-state index in [4.69, 9.17) is 0 Å². The molecule has 1 heteroatoms. The molecule has 0 aliphatic heterocycles. The van der Waals surface area contributed by atoms with Crippen LogP contribution in [-0.4, -0.2) is 13.1 Å². The molecule has 1 aromatic rings. The van der Waals surface area contributed by atoms with Crippen molar-refractivity contribution in [1.82, 2.24) is 5.32 Å². The van der Waals surface area contributed by atoms with Crippen LogP contribution in [0.5, 0.6) is 0 Å². The highest BCUT2D eigenvalue weighted by molar-refractivity contribution is 5.30. The average molecular weight is 287 g/mol. The summed E-state index contributed by atoms with van der Waals surface area (Å²) in [5.41, 5.74) is 3.05. The Bertz CT molecular complexity index is 402. The van der Waals surface area contributed by atoms with Crippen LogP contribution in [0.2, 0.25) is 0 Å². The number of aryl methyl sites for hydroxylation is 1. The Kier molecular flexibility index (Phi) is 6.76. The fourth-order valence-electron chi connectivity index (χ4n) is 3.77. The van der Waals surface area contributed by atoms with Crippen LogP contribution in [0.3, 0.4) is 0 Å². The van der Waals surface area contributed by atoms with E-state index in [9.17, 15) is 0 Å². The number of hydrogen-bond donors (Lipinski definition) is 1. The summed E-state index contributed by atoms with van der Waals surface area (Å²) in [6.07, 6.45) is 8.58. The molecule has 1 N–H and O–H groups in total. The molecule has 1 aliphatic carbocycles. The molecule has 0 aromatic heterocycles. The van der Waals surface area contributed by atoms with E-state index in [1.807, 2.05) is 0 Å². The third-order valence-electron chi connectivity index (χ3n) is 4.97. The van der Waals surface area contributed by atoms with Crippen LogP contribution in [0, 0.1) is 18.8 Å². The molecule has 1 saturated carbocycles. The summed E-state index contributed by atoms with van der Waals surface area (Å²) in [4.78, 5) is 0. The van der Waals surface area contributed by atoms with Crippen molar-refractivity contribution in [2.45, 2.75) is 65.2 Å². The molecule has 0 radical (unpaired) electrons. The first kappa shape index (κ1) is 16.5. The van der Waals surface area contributed by atoms with Gasteiger partial charge in [0.05, 0.1) is 0 Å². The van der Waals surface area contributed by atoms with Gasteiger partial charge in [-0.3, -0.25) is 0 Å². The van der Waals surface area contributed by atoms with E-state index >= 15 is 0 Å². The van der Waals surface area contributed by atoms with Crippen molar-refractivity contribution in [1.29, 1.82) is 0 Å². The van der Waals surface area contributed by atoms with E-state index in [1.54, 1.807) is 5.56 Å². The van der Waals surface area contributed by atoms with Crippen LogP contribution in [0.4, 0.5) is 0 Å². The molecule has 0 amide bonds. The van der Waals surface area contributed by atoms with Crippen molar-refractivity contribution < 1.29 is 0 Å². The summed E-state index contributed by atoms with van der Waals surface area (Å²) >= 11 is 0. The second kappa shape index (κ2) is 8.58. The molecular weight excluding hydrogens is 254 g/mol. The Hall–Kier alpha value is -0.820. The molecule has 0 spiro atoms. The van der Waals surface area contributed by atoms with Gasteiger partial charge in [0.2, 0.25) is 0 Å². The molecule has 21 heavy (non-hydrogen) atoms. The summed E-state index contributed by atoms with van der Waals surface area (Å²) in [5.74, 6) is 2.30. The Labute approximate surface area is 131 Å². The number of hydrogen-bond acceptors (Lipinski definition) is 1. The first-order valence-electron chi connectivity index (χ1n) is 8.94. The molecule has 0 heterocycles. The molecule has 1 aromatic carbocycles. The lowest BCUT2D eigenvalue weighted by molar-refractivity contribution is 0.355. The number of benzene rings is 1. The smallest absolute Gasteiger partial charge is 0.00230 e. The molecule has 0 saturated heterocycles. The van der Waals surface area contributed by atoms with Crippen molar-refractivity contribution in [2.75, 3.05) is 13.1 Å². The maximum atomic E-state index is 3.73. The highest BCUT2D eigenvalue weighted by Crippen LogP contribution is 2.36. The van der Waals surface area contributed by atoms with Crippen molar-refractivity contribution in [3.63, 3.8) is 0 Å². The van der Waals surface area contributed by atoms with Gasteiger partial charge in [-0.2, -0.15) is 0 Å². The van der Waals surface area contributed by atoms with Gasteiger partial charge in [0.1, 0.15) is 0 Å². The monoisotopic (exact) mass is 287 g/mol. The van der Waals surface area contributed by atoms with Gasteiger partial charge in [-0.1, -0.05) is 63.8 Å². The van der Waals surface area contributed by atoms with E-state index in [-0.39, 0.29) is 0 Å². The number of nitrogens with one attached hydrogen (secondary N) is 1. The Morgan fingerprint density at radius 2 is 1.67 bits per heavy atom. The summed E-state index contributed by atoms with van der Waals surface area (Å²) < 4.78 is 0. The quantitative estimate of drug-likeness (QED) is 0.701.